The van der Waals surface area contributed by atoms with Crippen molar-refractivity contribution in [2.24, 2.45) is 0 Å². The normalized spacial score (nSPS) is 10.8. The quantitative estimate of drug-likeness (QED) is 0.523. The second-order valence-electron chi connectivity index (χ2n) is 5.94. The molecule has 0 aliphatic rings. The zero-order chi connectivity index (χ0) is 18.2. The van der Waals surface area contributed by atoms with Crippen LogP contribution in [0.2, 0.25) is 0 Å². The molecule has 0 fully saturated rings. The van der Waals surface area contributed by atoms with Gasteiger partial charge in [-0.05, 0) is 29.7 Å². The monoisotopic (exact) mass is 371 g/mol. The van der Waals surface area contributed by atoms with Crippen LogP contribution in [0.3, 0.4) is 0 Å². The number of para-hydroxylation sites is 1. The summed E-state index contributed by atoms with van der Waals surface area (Å²) in [4.78, 5) is 15.1. The van der Waals surface area contributed by atoms with E-state index in [0.717, 1.165) is 17.7 Å². The van der Waals surface area contributed by atoms with Gasteiger partial charge in [0.1, 0.15) is 5.82 Å². The van der Waals surface area contributed by atoms with Crippen molar-refractivity contribution in [3.05, 3.63) is 71.7 Å². The number of amides is 2. The fourth-order valence-corrected chi connectivity index (χ4v) is 3.59. The third kappa shape index (κ3) is 5.02. The summed E-state index contributed by atoms with van der Waals surface area (Å²) in [6, 6.07) is 14.7. The van der Waals surface area contributed by atoms with Crippen molar-refractivity contribution in [1.82, 2.24) is 15.6 Å². The van der Waals surface area contributed by atoms with Crippen LogP contribution in [0.4, 0.5) is 9.18 Å². The lowest BCUT2D eigenvalue weighted by atomic mass is 10.1. The predicted octanol–water partition coefficient (Wildman–Crippen LogP) is 4.08. The number of nitrogens with one attached hydrogen (secondary N) is 3. The van der Waals surface area contributed by atoms with E-state index in [9.17, 15) is 9.18 Å². The number of halogens is 1. The fourth-order valence-electron chi connectivity index (χ4n) is 2.75. The van der Waals surface area contributed by atoms with Crippen molar-refractivity contribution in [2.75, 3.05) is 18.8 Å². The maximum absolute atomic E-state index is 13.5. The van der Waals surface area contributed by atoms with Crippen LogP contribution >= 0.6 is 11.8 Å². The molecule has 0 saturated carbocycles. The first kappa shape index (κ1) is 18.3. The maximum atomic E-state index is 13.5. The Hall–Kier alpha value is -2.47. The lowest BCUT2D eigenvalue weighted by Crippen LogP contribution is -2.37. The summed E-state index contributed by atoms with van der Waals surface area (Å²) in [6.45, 7) is 1.13. The number of urea groups is 1. The molecule has 3 rings (SSSR count). The van der Waals surface area contributed by atoms with Crippen LogP contribution in [0.15, 0.2) is 54.7 Å². The number of benzene rings is 2. The third-order valence-corrected chi connectivity index (χ3v) is 5.11. The molecule has 0 aliphatic carbocycles. The molecule has 0 saturated heterocycles. The van der Waals surface area contributed by atoms with E-state index in [1.54, 1.807) is 23.9 Å². The van der Waals surface area contributed by atoms with Gasteiger partial charge >= 0.3 is 6.03 Å². The van der Waals surface area contributed by atoms with Crippen LogP contribution in [0.25, 0.3) is 10.9 Å². The molecule has 2 amide bonds. The smallest absolute Gasteiger partial charge is 0.314 e. The van der Waals surface area contributed by atoms with Crippen molar-refractivity contribution >= 4 is 28.7 Å². The van der Waals surface area contributed by atoms with Crippen LogP contribution in [-0.2, 0) is 12.2 Å². The van der Waals surface area contributed by atoms with E-state index in [1.807, 2.05) is 30.5 Å². The van der Waals surface area contributed by atoms with Crippen molar-refractivity contribution in [3.8, 4) is 0 Å². The molecule has 2 aromatic carbocycles. The van der Waals surface area contributed by atoms with Gasteiger partial charge in [-0.3, -0.25) is 0 Å². The largest absolute Gasteiger partial charge is 0.361 e. The van der Waals surface area contributed by atoms with Crippen LogP contribution in [0.5, 0.6) is 0 Å². The van der Waals surface area contributed by atoms with Crippen molar-refractivity contribution < 1.29 is 9.18 Å². The minimum absolute atomic E-state index is 0.170. The van der Waals surface area contributed by atoms with Gasteiger partial charge in [-0.15, -0.1) is 0 Å². The topological polar surface area (TPSA) is 56.9 Å². The number of thioether (sulfide) groups is 1. The molecular formula is C20H22FN3OS. The highest BCUT2D eigenvalue weighted by Gasteiger charge is 2.04. The van der Waals surface area contributed by atoms with Gasteiger partial charge in [0.15, 0.2) is 0 Å². The summed E-state index contributed by atoms with van der Waals surface area (Å²) < 4.78 is 13.5. The fraction of sp³-hybridized carbons (Fsp3) is 0.250. The number of rotatable bonds is 8. The molecule has 0 atom stereocenters. The Bertz CT molecular complexity index is 865. The standard InChI is InChI=1S/C20H22FN3OS/c21-18-7-3-1-5-16(18)14-26-12-11-23-20(25)22-10-9-15-13-24-19-8-4-2-6-17(15)19/h1-8,13,24H,9-12,14H2,(H2,22,23,25). The van der Waals surface area contributed by atoms with Crippen molar-refractivity contribution in [1.29, 1.82) is 0 Å². The third-order valence-electron chi connectivity index (χ3n) is 4.10. The average molecular weight is 371 g/mol. The highest BCUT2D eigenvalue weighted by atomic mass is 32.2. The summed E-state index contributed by atoms with van der Waals surface area (Å²) in [5, 5.41) is 6.89. The average Bonchev–Trinajstić information content (AvgIpc) is 3.06. The zero-order valence-corrected chi connectivity index (χ0v) is 15.2. The van der Waals surface area contributed by atoms with Crippen molar-refractivity contribution in [2.45, 2.75) is 12.2 Å². The number of hydrogen-bond acceptors (Lipinski definition) is 2. The number of hydrogen-bond donors (Lipinski definition) is 3. The molecule has 3 aromatic rings. The molecule has 0 radical (unpaired) electrons. The molecule has 0 unspecified atom stereocenters. The van der Waals surface area contributed by atoms with Crippen molar-refractivity contribution in [3.63, 3.8) is 0 Å². The first-order chi connectivity index (χ1) is 12.7. The van der Waals surface area contributed by atoms with Crippen LogP contribution in [0.1, 0.15) is 11.1 Å². The van der Waals surface area contributed by atoms with E-state index in [1.165, 1.54) is 17.0 Å². The number of H-pyrrole nitrogens is 1. The first-order valence-electron chi connectivity index (χ1n) is 8.62. The molecule has 1 heterocycles. The van der Waals surface area contributed by atoms with Gasteiger partial charge in [0.25, 0.3) is 0 Å². The van der Waals surface area contributed by atoms with Gasteiger partial charge < -0.3 is 15.6 Å². The van der Waals surface area contributed by atoms with Gasteiger partial charge in [-0.2, -0.15) is 11.8 Å². The maximum Gasteiger partial charge on any atom is 0.314 e. The zero-order valence-electron chi connectivity index (χ0n) is 14.4. The van der Waals surface area contributed by atoms with Gasteiger partial charge in [-0.25, -0.2) is 9.18 Å². The van der Waals surface area contributed by atoms with E-state index in [-0.39, 0.29) is 11.8 Å². The number of carbonyl (C=O) groups is 1. The summed E-state index contributed by atoms with van der Waals surface area (Å²) in [7, 11) is 0. The summed E-state index contributed by atoms with van der Waals surface area (Å²) >= 11 is 1.60. The number of aromatic nitrogens is 1. The Balaban J connectivity index is 1.30. The number of fused-ring (bicyclic) bond motifs is 1. The highest BCUT2D eigenvalue weighted by Crippen LogP contribution is 2.17. The minimum atomic E-state index is -0.178. The molecule has 136 valence electrons. The van der Waals surface area contributed by atoms with Gasteiger partial charge in [0, 0.05) is 41.7 Å². The SMILES string of the molecule is O=C(NCCSCc1ccccc1F)NCCc1c[nH]c2ccccc12. The van der Waals surface area contributed by atoms with E-state index in [0.29, 0.717) is 24.4 Å². The molecular weight excluding hydrogens is 349 g/mol. The molecule has 0 spiro atoms. The number of carbonyl (C=O) groups excluding carboxylic acids is 1. The first-order valence-corrected chi connectivity index (χ1v) is 9.77. The summed E-state index contributed by atoms with van der Waals surface area (Å²) in [5.41, 5.74) is 3.00. The molecule has 0 bridgehead atoms. The molecule has 1 aromatic heterocycles. The van der Waals surface area contributed by atoms with Crippen LogP contribution in [0, 0.1) is 5.82 Å². The van der Waals surface area contributed by atoms with Gasteiger partial charge in [0.05, 0.1) is 0 Å². The van der Waals surface area contributed by atoms with E-state index in [4.69, 9.17) is 0 Å². The minimum Gasteiger partial charge on any atom is -0.361 e. The van der Waals surface area contributed by atoms with Gasteiger partial charge in [0.2, 0.25) is 0 Å². The van der Waals surface area contributed by atoms with E-state index >= 15 is 0 Å². The Labute approximate surface area is 156 Å². The Morgan fingerprint density at radius 3 is 2.65 bits per heavy atom. The lowest BCUT2D eigenvalue weighted by Gasteiger charge is -2.08. The molecule has 26 heavy (non-hydrogen) atoms. The highest BCUT2D eigenvalue weighted by molar-refractivity contribution is 7.98. The van der Waals surface area contributed by atoms with Gasteiger partial charge in [-0.1, -0.05) is 36.4 Å². The Morgan fingerprint density at radius 2 is 1.77 bits per heavy atom. The predicted molar refractivity (Wildman–Crippen MR) is 106 cm³/mol. The molecule has 0 aliphatic heterocycles. The Kier molecular flexibility index (Phi) is 6.55. The second kappa shape index (κ2) is 9.29. The van der Waals surface area contributed by atoms with E-state index in [2.05, 4.69) is 21.7 Å². The Morgan fingerprint density at radius 1 is 1.00 bits per heavy atom. The van der Waals surface area contributed by atoms with Crippen LogP contribution < -0.4 is 10.6 Å². The summed E-state index contributed by atoms with van der Waals surface area (Å²) in [5.74, 6) is 1.17. The van der Waals surface area contributed by atoms with Crippen LogP contribution in [-0.4, -0.2) is 29.9 Å². The lowest BCUT2D eigenvalue weighted by molar-refractivity contribution is 0.241. The van der Waals surface area contributed by atoms with E-state index < -0.39 is 0 Å². The molecule has 3 N–H and O–H groups in total. The molecule has 6 heteroatoms. The second-order valence-corrected chi connectivity index (χ2v) is 7.04. The summed E-state index contributed by atoms with van der Waals surface area (Å²) in [6.07, 6.45) is 2.77. The molecule has 4 nitrogen and oxygen atoms in total. The number of aromatic amines is 1.